The summed E-state index contributed by atoms with van der Waals surface area (Å²) in [4.78, 5) is 11.0. The van der Waals surface area contributed by atoms with Crippen LogP contribution in [0, 0.1) is 12.7 Å². The Balaban J connectivity index is 1.85. The molecule has 0 aromatic heterocycles. The third kappa shape index (κ3) is 3.27. The van der Waals surface area contributed by atoms with Crippen LogP contribution < -0.4 is 10.6 Å². The lowest BCUT2D eigenvalue weighted by molar-refractivity contribution is -0.122. The fourth-order valence-corrected chi connectivity index (χ4v) is 1.99. The minimum Gasteiger partial charge on any atom is -0.355 e. The molecule has 17 heavy (non-hydrogen) atoms. The Kier molecular flexibility index (Phi) is 3.74. The van der Waals surface area contributed by atoms with Gasteiger partial charge in [-0.1, -0.05) is 12.1 Å². The SMILES string of the molecule is Cc1cc(CNC2CCC(=O)NC2)ccc1F. The molecule has 0 spiro atoms. The van der Waals surface area contributed by atoms with E-state index in [0.717, 1.165) is 12.0 Å². The predicted molar refractivity (Wildman–Crippen MR) is 64.0 cm³/mol. The molecule has 0 aliphatic carbocycles. The van der Waals surface area contributed by atoms with Gasteiger partial charge in [-0.3, -0.25) is 4.79 Å². The van der Waals surface area contributed by atoms with E-state index >= 15 is 0 Å². The summed E-state index contributed by atoms with van der Waals surface area (Å²) in [5.41, 5.74) is 1.74. The van der Waals surface area contributed by atoms with Crippen molar-refractivity contribution in [2.75, 3.05) is 6.54 Å². The van der Waals surface area contributed by atoms with Crippen LogP contribution in [0.3, 0.4) is 0 Å². The van der Waals surface area contributed by atoms with Gasteiger partial charge in [-0.25, -0.2) is 4.39 Å². The summed E-state index contributed by atoms with van der Waals surface area (Å²) in [6.07, 6.45) is 1.45. The van der Waals surface area contributed by atoms with Crippen LogP contribution >= 0.6 is 0 Å². The first-order valence-electron chi connectivity index (χ1n) is 5.90. The van der Waals surface area contributed by atoms with E-state index in [1.165, 1.54) is 6.07 Å². The summed E-state index contributed by atoms with van der Waals surface area (Å²) < 4.78 is 13.1. The second-order valence-corrected chi connectivity index (χ2v) is 4.50. The molecule has 1 aliphatic heterocycles. The second-order valence-electron chi connectivity index (χ2n) is 4.50. The Morgan fingerprint density at radius 3 is 3.00 bits per heavy atom. The van der Waals surface area contributed by atoms with Gasteiger partial charge in [-0.05, 0) is 30.5 Å². The van der Waals surface area contributed by atoms with Gasteiger partial charge in [-0.15, -0.1) is 0 Å². The Morgan fingerprint density at radius 2 is 2.35 bits per heavy atom. The molecule has 1 unspecified atom stereocenters. The molecular formula is C13H17FN2O. The minimum absolute atomic E-state index is 0.126. The predicted octanol–water partition coefficient (Wildman–Crippen LogP) is 1.50. The number of carbonyl (C=O) groups is 1. The monoisotopic (exact) mass is 236 g/mol. The zero-order valence-electron chi connectivity index (χ0n) is 9.92. The number of hydrogen-bond acceptors (Lipinski definition) is 2. The van der Waals surface area contributed by atoms with E-state index in [1.807, 2.05) is 6.07 Å². The van der Waals surface area contributed by atoms with Crippen molar-refractivity contribution >= 4 is 5.91 Å². The topological polar surface area (TPSA) is 41.1 Å². The Hall–Kier alpha value is -1.42. The number of aryl methyl sites for hydroxylation is 1. The van der Waals surface area contributed by atoms with Gasteiger partial charge in [0.25, 0.3) is 0 Å². The molecule has 1 aliphatic rings. The smallest absolute Gasteiger partial charge is 0.220 e. The molecule has 2 rings (SSSR count). The van der Waals surface area contributed by atoms with Crippen LogP contribution in [0.4, 0.5) is 4.39 Å². The first kappa shape index (κ1) is 12.0. The maximum absolute atomic E-state index is 13.1. The molecule has 0 saturated carbocycles. The maximum atomic E-state index is 13.1. The average molecular weight is 236 g/mol. The quantitative estimate of drug-likeness (QED) is 0.835. The first-order valence-corrected chi connectivity index (χ1v) is 5.90. The number of benzene rings is 1. The van der Waals surface area contributed by atoms with Gasteiger partial charge < -0.3 is 10.6 Å². The third-order valence-corrected chi connectivity index (χ3v) is 3.08. The van der Waals surface area contributed by atoms with Gasteiger partial charge in [0.15, 0.2) is 0 Å². The highest BCUT2D eigenvalue weighted by atomic mass is 19.1. The average Bonchev–Trinajstić information content (AvgIpc) is 2.33. The molecular weight excluding hydrogens is 219 g/mol. The summed E-state index contributed by atoms with van der Waals surface area (Å²) >= 11 is 0. The molecule has 4 heteroatoms. The van der Waals surface area contributed by atoms with Crippen molar-refractivity contribution in [3.63, 3.8) is 0 Å². The van der Waals surface area contributed by atoms with E-state index in [1.54, 1.807) is 13.0 Å². The normalized spacial score (nSPS) is 20.1. The molecule has 1 saturated heterocycles. The Bertz CT molecular complexity index is 410. The summed E-state index contributed by atoms with van der Waals surface area (Å²) in [7, 11) is 0. The third-order valence-electron chi connectivity index (χ3n) is 3.08. The lowest BCUT2D eigenvalue weighted by Gasteiger charge is -2.23. The Morgan fingerprint density at radius 1 is 1.53 bits per heavy atom. The van der Waals surface area contributed by atoms with Gasteiger partial charge >= 0.3 is 0 Å². The van der Waals surface area contributed by atoms with Crippen molar-refractivity contribution < 1.29 is 9.18 Å². The highest BCUT2D eigenvalue weighted by molar-refractivity contribution is 5.76. The number of nitrogens with one attached hydrogen (secondary N) is 2. The van der Waals surface area contributed by atoms with E-state index < -0.39 is 0 Å². The molecule has 92 valence electrons. The highest BCUT2D eigenvalue weighted by Crippen LogP contribution is 2.10. The molecule has 1 atom stereocenters. The largest absolute Gasteiger partial charge is 0.355 e. The number of piperidine rings is 1. The van der Waals surface area contributed by atoms with Gasteiger partial charge in [0, 0.05) is 25.6 Å². The molecule has 3 nitrogen and oxygen atoms in total. The van der Waals surface area contributed by atoms with E-state index in [0.29, 0.717) is 31.1 Å². The van der Waals surface area contributed by atoms with Crippen LogP contribution in [0.25, 0.3) is 0 Å². The fraction of sp³-hybridized carbons (Fsp3) is 0.462. The van der Waals surface area contributed by atoms with E-state index in [9.17, 15) is 9.18 Å². The van der Waals surface area contributed by atoms with Crippen molar-refractivity contribution in [1.82, 2.24) is 10.6 Å². The van der Waals surface area contributed by atoms with E-state index in [-0.39, 0.29) is 11.7 Å². The number of hydrogen-bond donors (Lipinski definition) is 2. The lowest BCUT2D eigenvalue weighted by atomic mass is 10.1. The number of halogens is 1. The summed E-state index contributed by atoms with van der Waals surface area (Å²) in [6, 6.07) is 5.45. The van der Waals surface area contributed by atoms with Crippen LogP contribution in [-0.2, 0) is 11.3 Å². The molecule has 0 radical (unpaired) electrons. The molecule has 1 fully saturated rings. The van der Waals surface area contributed by atoms with Crippen LogP contribution in [0.5, 0.6) is 0 Å². The molecule has 1 aromatic rings. The summed E-state index contributed by atoms with van der Waals surface area (Å²) in [5.74, 6) is -0.0423. The van der Waals surface area contributed by atoms with E-state index in [4.69, 9.17) is 0 Å². The zero-order valence-corrected chi connectivity index (χ0v) is 9.92. The van der Waals surface area contributed by atoms with Crippen molar-refractivity contribution in [2.24, 2.45) is 0 Å². The van der Waals surface area contributed by atoms with Gasteiger partial charge in [0.2, 0.25) is 5.91 Å². The molecule has 1 heterocycles. The van der Waals surface area contributed by atoms with Gasteiger partial charge in [0.05, 0.1) is 0 Å². The maximum Gasteiger partial charge on any atom is 0.220 e. The molecule has 2 N–H and O–H groups in total. The first-order chi connectivity index (χ1) is 8.15. The van der Waals surface area contributed by atoms with Crippen molar-refractivity contribution in [3.05, 3.63) is 35.1 Å². The number of rotatable bonds is 3. The van der Waals surface area contributed by atoms with Crippen molar-refractivity contribution in [3.8, 4) is 0 Å². The van der Waals surface area contributed by atoms with Crippen LogP contribution in [-0.4, -0.2) is 18.5 Å². The van der Waals surface area contributed by atoms with E-state index in [2.05, 4.69) is 10.6 Å². The number of amides is 1. The lowest BCUT2D eigenvalue weighted by Crippen LogP contribution is -2.45. The fourth-order valence-electron chi connectivity index (χ4n) is 1.99. The van der Waals surface area contributed by atoms with Crippen LogP contribution in [0.15, 0.2) is 18.2 Å². The summed E-state index contributed by atoms with van der Waals surface area (Å²) in [5, 5.41) is 6.20. The molecule has 0 bridgehead atoms. The van der Waals surface area contributed by atoms with Crippen LogP contribution in [0.1, 0.15) is 24.0 Å². The van der Waals surface area contributed by atoms with Crippen LogP contribution in [0.2, 0.25) is 0 Å². The molecule has 1 aromatic carbocycles. The van der Waals surface area contributed by atoms with Crippen molar-refractivity contribution in [2.45, 2.75) is 32.4 Å². The zero-order chi connectivity index (χ0) is 12.3. The summed E-state index contributed by atoms with van der Waals surface area (Å²) in [6.45, 7) is 3.15. The molecule has 1 amide bonds. The second kappa shape index (κ2) is 5.27. The van der Waals surface area contributed by atoms with Crippen molar-refractivity contribution in [1.29, 1.82) is 0 Å². The number of carbonyl (C=O) groups excluding carboxylic acids is 1. The Labute approximate surface area is 100 Å². The van der Waals surface area contributed by atoms with Gasteiger partial charge in [-0.2, -0.15) is 0 Å². The minimum atomic E-state index is -0.168. The highest BCUT2D eigenvalue weighted by Gasteiger charge is 2.16. The standard InChI is InChI=1S/C13H17FN2O/c1-9-6-10(2-4-12(9)14)7-15-11-3-5-13(17)16-8-11/h2,4,6,11,15H,3,5,7-8H2,1H3,(H,16,17). The van der Waals surface area contributed by atoms with Gasteiger partial charge in [0.1, 0.15) is 5.82 Å².